The van der Waals surface area contributed by atoms with Gasteiger partial charge in [0.15, 0.2) is 6.61 Å². The lowest BCUT2D eigenvalue weighted by atomic mass is 10.3. The fourth-order valence-electron chi connectivity index (χ4n) is 1.85. The fourth-order valence-corrected chi connectivity index (χ4v) is 2.03. The Bertz CT molecular complexity index is 701. The van der Waals surface area contributed by atoms with Crippen LogP contribution in [-0.2, 0) is 9.59 Å². The summed E-state index contributed by atoms with van der Waals surface area (Å²) in [5, 5.41) is 3.15. The number of carbonyl (C=O) groups excluding carboxylic acids is 2. The Balaban J connectivity index is 1.89. The van der Waals surface area contributed by atoms with Crippen molar-refractivity contribution >= 4 is 34.8 Å². The molecule has 0 spiro atoms. The van der Waals surface area contributed by atoms with Gasteiger partial charge in [-0.05, 0) is 36.4 Å². The Kier molecular flexibility index (Phi) is 5.60. The Morgan fingerprint density at radius 1 is 1.13 bits per heavy atom. The standard InChI is InChI=1S/C17H17ClN2O3/c1-12(21)20(2)13-7-9-14(10-8-13)23-11-17(22)19-16-6-4-3-5-15(16)18/h3-10H,11H2,1-2H3,(H,19,22). The lowest BCUT2D eigenvalue weighted by Gasteiger charge is -2.15. The maximum Gasteiger partial charge on any atom is 0.262 e. The summed E-state index contributed by atoms with van der Waals surface area (Å²) in [6.07, 6.45) is 0. The molecule has 0 heterocycles. The van der Waals surface area contributed by atoms with E-state index in [0.717, 1.165) is 5.69 Å². The molecule has 5 nitrogen and oxygen atoms in total. The van der Waals surface area contributed by atoms with Gasteiger partial charge >= 0.3 is 0 Å². The van der Waals surface area contributed by atoms with E-state index >= 15 is 0 Å². The van der Waals surface area contributed by atoms with Crippen LogP contribution in [0.5, 0.6) is 5.75 Å². The van der Waals surface area contributed by atoms with Gasteiger partial charge in [0.05, 0.1) is 10.7 Å². The van der Waals surface area contributed by atoms with Gasteiger partial charge in [0.1, 0.15) is 5.75 Å². The molecule has 0 radical (unpaired) electrons. The molecule has 6 heteroatoms. The number of para-hydroxylation sites is 1. The summed E-state index contributed by atoms with van der Waals surface area (Å²) >= 11 is 5.97. The van der Waals surface area contributed by atoms with Gasteiger partial charge in [0.25, 0.3) is 5.91 Å². The Morgan fingerprint density at radius 3 is 2.39 bits per heavy atom. The number of hydrogen-bond acceptors (Lipinski definition) is 3. The van der Waals surface area contributed by atoms with E-state index in [1.54, 1.807) is 55.6 Å². The predicted molar refractivity (Wildman–Crippen MR) is 91.1 cm³/mol. The van der Waals surface area contributed by atoms with Crippen molar-refractivity contribution in [2.24, 2.45) is 0 Å². The van der Waals surface area contributed by atoms with Crippen LogP contribution in [0.2, 0.25) is 5.02 Å². The number of anilines is 2. The highest BCUT2D eigenvalue weighted by molar-refractivity contribution is 6.33. The van der Waals surface area contributed by atoms with Gasteiger partial charge in [-0.25, -0.2) is 0 Å². The van der Waals surface area contributed by atoms with E-state index in [2.05, 4.69) is 5.32 Å². The second kappa shape index (κ2) is 7.65. The minimum atomic E-state index is -0.303. The third kappa shape index (κ3) is 4.72. The fraction of sp³-hybridized carbons (Fsp3) is 0.176. The van der Waals surface area contributed by atoms with Crippen molar-refractivity contribution in [2.45, 2.75) is 6.92 Å². The van der Waals surface area contributed by atoms with Gasteiger partial charge in [-0.1, -0.05) is 23.7 Å². The molecule has 0 fully saturated rings. The molecule has 2 aromatic carbocycles. The molecule has 2 rings (SSSR count). The monoisotopic (exact) mass is 332 g/mol. The van der Waals surface area contributed by atoms with Crippen LogP contribution in [0.1, 0.15) is 6.92 Å². The number of amides is 2. The summed E-state index contributed by atoms with van der Waals surface area (Å²) in [6, 6.07) is 13.9. The highest BCUT2D eigenvalue weighted by Crippen LogP contribution is 2.21. The van der Waals surface area contributed by atoms with E-state index in [4.69, 9.17) is 16.3 Å². The maximum absolute atomic E-state index is 11.9. The van der Waals surface area contributed by atoms with Crippen molar-refractivity contribution in [3.8, 4) is 5.75 Å². The minimum Gasteiger partial charge on any atom is -0.484 e. The minimum absolute atomic E-state index is 0.0576. The Labute approximate surface area is 139 Å². The first-order valence-electron chi connectivity index (χ1n) is 6.99. The van der Waals surface area contributed by atoms with Gasteiger partial charge in [0.2, 0.25) is 5.91 Å². The number of ether oxygens (including phenoxy) is 1. The number of halogens is 1. The molecular formula is C17H17ClN2O3. The summed E-state index contributed by atoms with van der Waals surface area (Å²) in [5.74, 6) is 0.181. The van der Waals surface area contributed by atoms with Crippen LogP contribution < -0.4 is 15.0 Å². The van der Waals surface area contributed by atoms with Crippen molar-refractivity contribution in [1.82, 2.24) is 0 Å². The Morgan fingerprint density at radius 2 is 1.78 bits per heavy atom. The van der Waals surface area contributed by atoms with Gasteiger partial charge in [-0.3, -0.25) is 9.59 Å². The number of hydrogen-bond donors (Lipinski definition) is 1. The highest BCUT2D eigenvalue weighted by atomic mass is 35.5. The van der Waals surface area contributed by atoms with Gasteiger partial charge in [-0.2, -0.15) is 0 Å². The van der Waals surface area contributed by atoms with Crippen LogP contribution >= 0.6 is 11.6 Å². The number of rotatable bonds is 5. The third-order valence-corrected chi connectivity index (χ3v) is 3.54. The molecular weight excluding hydrogens is 316 g/mol. The van der Waals surface area contributed by atoms with Crippen molar-refractivity contribution in [2.75, 3.05) is 23.9 Å². The second-order valence-electron chi connectivity index (χ2n) is 4.89. The number of nitrogens with zero attached hydrogens (tertiary/aromatic N) is 1. The highest BCUT2D eigenvalue weighted by Gasteiger charge is 2.08. The van der Waals surface area contributed by atoms with Crippen molar-refractivity contribution < 1.29 is 14.3 Å². The average Bonchev–Trinajstić information content (AvgIpc) is 2.55. The topological polar surface area (TPSA) is 58.6 Å². The van der Waals surface area contributed by atoms with Gasteiger partial charge in [0, 0.05) is 19.7 Å². The van der Waals surface area contributed by atoms with Crippen LogP contribution in [0.4, 0.5) is 11.4 Å². The van der Waals surface area contributed by atoms with E-state index in [1.165, 1.54) is 11.8 Å². The molecule has 0 aliphatic rings. The van der Waals surface area contributed by atoms with Crippen LogP contribution in [-0.4, -0.2) is 25.5 Å². The lowest BCUT2D eigenvalue weighted by Crippen LogP contribution is -2.22. The molecule has 0 aliphatic carbocycles. The zero-order valence-electron chi connectivity index (χ0n) is 12.9. The van der Waals surface area contributed by atoms with E-state index in [0.29, 0.717) is 16.5 Å². The number of nitrogens with one attached hydrogen (secondary N) is 1. The van der Waals surface area contributed by atoms with Crippen molar-refractivity contribution in [1.29, 1.82) is 0 Å². The third-order valence-electron chi connectivity index (χ3n) is 3.21. The van der Waals surface area contributed by atoms with Crippen LogP contribution in [0, 0.1) is 0 Å². The van der Waals surface area contributed by atoms with Crippen LogP contribution in [0.25, 0.3) is 0 Å². The summed E-state index contributed by atoms with van der Waals surface area (Å²) in [4.78, 5) is 24.7. The van der Waals surface area contributed by atoms with Gasteiger partial charge in [-0.15, -0.1) is 0 Å². The zero-order valence-corrected chi connectivity index (χ0v) is 13.6. The zero-order chi connectivity index (χ0) is 16.8. The van der Waals surface area contributed by atoms with Crippen LogP contribution in [0.3, 0.4) is 0 Å². The molecule has 2 amide bonds. The average molecular weight is 333 g/mol. The first-order chi connectivity index (χ1) is 11.0. The summed E-state index contributed by atoms with van der Waals surface area (Å²) < 4.78 is 5.42. The molecule has 120 valence electrons. The van der Waals surface area contributed by atoms with Crippen molar-refractivity contribution in [3.05, 3.63) is 53.6 Å². The molecule has 0 unspecified atom stereocenters. The van der Waals surface area contributed by atoms with Gasteiger partial charge < -0.3 is 15.0 Å². The van der Waals surface area contributed by atoms with E-state index in [9.17, 15) is 9.59 Å². The largest absolute Gasteiger partial charge is 0.484 e. The molecule has 0 aromatic heterocycles. The summed E-state index contributed by atoms with van der Waals surface area (Å²) in [7, 11) is 1.69. The maximum atomic E-state index is 11.9. The van der Waals surface area contributed by atoms with E-state index in [-0.39, 0.29) is 18.4 Å². The molecule has 0 bridgehead atoms. The Hall–Kier alpha value is -2.53. The molecule has 1 N–H and O–H groups in total. The van der Waals surface area contributed by atoms with E-state index in [1.807, 2.05) is 0 Å². The number of carbonyl (C=O) groups is 2. The second-order valence-corrected chi connectivity index (χ2v) is 5.30. The first-order valence-corrected chi connectivity index (χ1v) is 7.36. The molecule has 0 saturated heterocycles. The molecule has 0 saturated carbocycles. The summed E-state index contributed by atoms with van der Waals surface area (Å²) in [5.41, 5.74) is 1.30. The lowest BCUT2D eigenvalue weighted by molar-refractivity contribution is -0.118. The van der Waals surface area contributed by atoms with Crippen molar-refractivity contribution in [3.63, 3.8) is 0 Å². The van der Waals surface area contributed by atoms with Crippen LogP contribution in [0.15, 0.2) is 48.5 Å². The SMILES string of the molecule is CC(=O)N(C)c1ccc(OCC(=O)Nc2ccccc2Cl)cc1. The predicted octanol–water partition coefficient (Wildman–Crippen LogP) is 3.34. The summed E-state index contributed by atoms with van der Waals surface area (Å²) in [6.45, 7) is 1.36. The smallest absolute Gasteiger partial charge is 0.262 e. The number of benzene rings is 2. The molecule has 2 aromatic rings. The quantitative estimate of drug-likeness (QED) is 0.913. The van der Waals surface area contributed by atoms with E-state index < -0.39 is 0 Å². The molecule has 0 atom stereocenters. The normalized spacial score (nSPS) is 10.0. The molecule has 23 heavy (non-hydrogen) atoms. The first kappa shape index (κ1) is 16.8. The molecule has 0 aliphatic heterocycles.